The van der Waals surface area contributed by atoms with E-state index in [0.29, 0.717) is 13.1 Å². The maximum Gasteiger partial charge on any atom is 0.410 e. The number of nitrogens with zero attached hydrogens (tertiary/aromatic N) is 1. The van der Waals surface area contributed by atoms with Crippen molar-refractivity contribution in [2.24, 2.45) is 5.73 Å². The van der Waals surface area contributed by atoms with E-state index < -0.39 is 6.04 Å². The molecule has 3 N–H and O–H groups in total. The largest absolute Gasteiger partial charge is 0.445 e. The Bertz CT molecular complexity index is 505. The molecule has 2 rings (SSSR count). The Hall–Kier alpha value is -2.08. The standard InChI is InChI=1S/C16H23N3O3/c1-12(17)15(20)18-14-8-5-9-19(10-14)16(21)22-11-13-6-3-2-4-7-13/h2-4,6-7,12,14H,5,8-11,17H2,1H3,(H,18,20). The number of benzene rings is 1. The van der Waals surface area contributed by atoms with Crippen LogP contribution >= 0.6 is 0 Å². The predicted octanol–water partition coefficient (Wildman–Crippen LogP) is 1.25. The molecule has 2 amide bonds. The van der Waals surface area contributed by atoms with Crippen molar-refractivity contribution in [2.75, 3.05) is 13.1 Å². The molecule has 1 heterocycles. The number of hydrogen-bond donors (Lipinski definition) is 2. The van der Waals surface area contributed by atoms with Crippen LogP contribution in [0.2, 0.25) is 0 Å². The van der Waals surface area contributed by atoms with Gasteiger partial charge in [-0.05, 0) is 25.3 Å². The minimum atomic E-state index is -0.541. The van der Waals surface area contributed by atoms with Gasteiger partial charge in [-0.1, -0.05) is 30.3 Å². The van der Waals surface area contributed by atoms with E-state index in [9.17, 15) is 9.59 Å². The van der Waals surface area contributed by atoms with E-state index >= 15 is 0 Å². The Morgan fingerprint density at radius 3 is 2.82 bits per heavy atom. The summed E-state index contributed by atoms with van der Waals surface area (Å²) in [5.74, 6) is -0.190. The number of nitrogens with one attached hydrogen (secondary N) is 1. The number of hydrogen-bond acceptors (Lipinski definition) is 4. The summed E-state index contributed by atoms with van der Waals surface area (Å²) < 4.78 is 5.32. The van der Waals surface area contributed by atoms with Crippen LogP contribution in [-0.2, 0) is 16.1 Å². The van der Waals surface area contributed by atoms with Gasteiger partial charge in [0.1, 0.15) is 6.61 Å². The van der Waals surface area contributed by atoms with E-state index in [1.165, 1.54) is 0 Å². The lowest BCUT2D eigenvalue weighted by Gasteiger charge is -2.32. The van der Waals surface area contributed by atoms with Gasteiger partial charge in [0.25, 0.3) is 0 Å². The molecule has 0 radical (unpaired) electrons. The molecule has 6 nitrogen and oxygen atoms in total. The zero-order valence-electron chi connectivity index (χ0n) is 12.8. The van der Waals surface area contributed by atoms with Crippen LogP contribution in [-0.4, -0.2) is 42.1 Å². The third kappa shape index (κ3) is 4.73. The monoisotopic (exact) mass is 305 g/mol. The van der Waals surface area contributed by atoms with Gasteiger partial charge in [0.2, 0.25) is 5.91 Å². The summed E-state index contributed by atoms with van der Waals surface area (Å²) in [5.41, 5.74) is 6.50. The minimum absolute atomic E-state index is 0.0588. The van der Waals surface area contributed by atoms with E-state index in [-0.39, 0.29) is 24.6 Å². The molecule has 0 bridgehead atoms. The highest BCUT2D eigenvalue weighted by Crippen LogP contribution is 2.12. The number of carbonyl (C=O) groups excluding carboxylic acids is 2. The highest BCUT2D eigenvalue weighted by Gasteiger charge is 2.26. The number of piperidine rings is 1. The van der Waals surface area contributed by atoms with Gasteiger partial charge < -0.3 is 20.7 Å². The van der Waals surface area contributed by atoms with Crippen molar-refractivity contribution in [2.45, 2.75) is 38.5 Å². The molecule has 1 aromatic rings. The molecule has 0 aliphatic carbocycles. The number of nitrogens with two attached hydrogens (primary N) is 1. The lowest BCUT2D eigenvalue weighted by atomic mass is 10.1. The van der Waals surface area contributed by atoms with Gasteiger partial charge >= 0.3 is 6.09 Å². The molecule has 1 aromatic carbocycles. The first kappa shape index (κ1) is 16.3. The molecule has 120 valence electrons. The Balaban J connectivity index is 1.81. The predicted molar refractivity (Wildman–Crippen MR) is 83.0 cm³/mol. The van der Waals surface area contributed by atoms with E-state index in [4.69, 9.17) is 10.5 Å². The van der Waals surface area contributed by atoms with Gasteiger partial charge in [-0.25, -0.2) is 4.79 Å². The Labute approximate surface area is 130 Å². The first-order valence-electron chi connectivity index (χ1n) is 7.58. The smallest absolute Gasteiger partial charge is 0.410 e. The zero-order valence-corrected chi connectivity index (χ0v) is 12.8. The van der Waals surface area contributed by atoms with Crippen molar-refractivity contribution in [1.82, 2.24) is 10.2 Å². The van der Waals surface area contributed by atoms with E-state index in [0.717, 1.165) is 18.4 Å². The van der Waals surface area contributed by atoms with Gasteiger partial charge in [0.05, 0.1) is 6.04 Å². The molecule has 2 unspecified atom stereocenters. The van der Waals surface area contributed by atoms with Gasteiger partial charge in [-0.2, -0.15) is 0 Å². The van der Waals surface area contributed by atoms with E-state index in [1.807, 2.05) is 30.3 Å². The minimum Gasteiger partial charge on any atom is -0.445 e. The molecule has 0 spiro atoms. The van der Waals surface area contributed by atoms with Crippen molar-refractivity contribution in [3.05, 3.63) is 35.9 Å². The van der Waals surface area contributed by atoms with Crippen LogP contribution in [0.15, 0.2) is 30.3 Å². The number of ether oxygens (including phenoxy) is 1. The average Bonchev–Trinajstić information content (AvgIpc) is 2.53. The van der Waals surface area contributed by atoms with Crippen LogP contribution in [0.4, 0.5) is 4.79 Å². The fourth-order valence-electron chi connectivity index (χ4n) is 2.40. The Kier molecular flexibility index (Phi) is 5.77. The lowest BCUT2D eigenvalue weighted by Crippen LogP contribution is -2.52. The Morgan fingerprint density at radius 1 is 1.41 bits per heavy atom. The first-order chi connectivity index (χ1) is 10.6. The third-order valence-corrected chi connectivity index (χ3v) is 3.64. The molecule has 0 aromatic heterocycles. The molecule has 1 fully saturated rings. The van der Waals surface area contributed by atoms with Crippen LogP contribution in [0.3, 0.4) is 0 Å². The van der Waals surface area contributed by atoms with Crippen LogP contribution in [0, 0.1) is 0 Å². The van der Waals surface area contributed by atoms with Crippen molar-refractivity contribution in [3.63, 3.8) is 0 Å². The van der Waals surface area contributed by atoms with E-state index in [2.05, 4.69) is 5.32 Å². The maximum absolute atomic E-state index is 12.1. The third-order valence-electron chi connectivity index (χ3n) is 3.64. The fraction of sp³-hybridized carbons (Fsp3) is 0.500. The number of carbonyl (C=O) groups is 2. The summed E-state index contributed by atoms with van der Waals surface area (Å²) in [5, 5.41) is 2.86. The number of rotatable bonds is 4. The normalized spacial score (nSPS) is 19.4. The molecule has 1 aliphatic heterocycles. The quantitative estimate of drug-likeness (QED) is 0.877. The molecule has 22 heavy (non-hydrogen) atoms. The summed E-state index contributed by atoms with van der Waals surface area (Å²) in [4.78, 5) is 25.4. The second-order valence-electron chi connectivity index (χ2n) is 5.62. The van der Waals surface area contributed by atoms with Gasteiger partial charge in [-0.3, -0.25) is 4.79 Å². The van der Waals surface area contributed by atoms with Crippen LogP contribution in [0.5, 0.6) is 0 Å². The van der Waals surface area contributed by atoms with Crippen LogP contribution in [0.1, 0.15) is 25.3 Å². The summed E-state index contributed by atoms with van der Waals surface area (Å²) in [6.07, 6.45) is 1.34. The van der Waals surface area contributed by atoms with Crippen LogP contribution < -0.4 is 11.1 Å². The van der Waals surface area contributed by atoms with E-state index in [1.54, 1.807) is 11.8 Å². The Morgan fingerprint density at radius 2 is 2.14 bits per heavy atom. The SMILES string of the molecule is CC(N)C(=O)NC1CCCN(C(=O)OCc2ccccc2)C1. The molecule has 1 aliphatic rings. The van der Waals surface area contributed by atoms with Gasteiger partial charge in [0.15, 0.2) is 0 Å². The van der Waals surface area contributed by atoms with Gasteiger partial charge in [-0.15, -0.1) is 0 Å². The van der Waals surface area contributed by atoms with Crippen molar-refractivity contribution in [1.29, 1.82) is 0 Å². The highest BCUT2D eigenvalue weighted by atomic mass is 16.6. The lowest BCUT2D eigenvalue weighted by molar-refractivity contribution is -0.123. The van der Waals surface area contributed by atoms with Crippen molar-refractivity contribution >= 4 is 12.0 Å². The summed E-state index contributed by atoms with van der Waals surface area (Å²) in [6.45, 7) is 3.02. The molecule has 6 heteroatoms. The number of amides is 2. The summed E-state index contributed by atoms with van der Waals surface area (Å²) in [7, 11) is 0. The second kappa shape index (κ2) is 7.79. The average molecular weight is 305 g/mol. The summed E-state index contributed by atoms with van der Waals surface area (Å²) >= 11 is 0. The summed E-state index contributed by atoms with van der Waals surface area (Å²) in [6, 6.07) is 8.95. The first-order valence-corrected chi connectivity index (χ1v) is 7.58. The second-order valence-corrected chi connectivity index (χ2v) is 5.62. The maximum atomic E-state index is 12.1. The van der Waals surface area contributed by atoms with Gasteiger partial charge in [0, 0.05) is 19.1 Å². The molecule has 2 atom stereocenters. The fourth-order valence-corrected chi connectivity index (χ4v) is 2.40. The highest BCUT2D eigenvalue weighted by molar-refractivity contribution is 5.81. The van der Waals surface area contributed by atoms with Crippen molar-refractivity contribution < 1.29 is 14.3 Å². The van der Waals surface area contributed by atoms with Crippen molar-refractivity contribution in [3.8, 4) is 0 Å². The molecular formula is C16H23N3O3. The molecule has 1 saturated heterocycles. The number of likely N-dealkylation sites (tertiary alicyclic amines) is 1. The molecule has 0 saturated carbocycles. The van der Waals surface area contributed by atoms with Crippen LogP contribution in [0.25, 0.3) is 0 Å². The topological polar surface area (TPSA) is 84.7 Å². The molecular weight excluding hydrogens is 282 g/mol. The zero-order chi connectivity index (χ0) is 15.9.